The summed E-state index contributed by atoms with van der Waals surface area (Å²) in [6, 6.07) is 7.66. The molecule has 1 fully saturated rings. The SMILES string of the molecule is CC(C)Cn1c(SCC(=O)NC2CCCC(C)C2C)nc2ccccc2c1=O. The fourth-order valence-electron chi connectivity index (χ4n) is 3.95. The van der Waals surface area contributed by atoms with Crippen LogP contribution in [0.1, 0.15) is 47.0 Å². The van der Waals surface area contributed by atoms with Gasteiger partial charge in [-0.25, -0.2) is 4.98 Å². The van der Waals surface area contributed by atoms with Gasteiger partial charge in [-0.1, -0.05) is 64.4 Å². The molecule has 1 aromatic heterocycles. The van der Waals surface area contributed by atoms with Crippen molar-refractivity contribution in [2.75, 3.05) is 5.75 Å². The van der Waals surface area contributed by atoms with Crippen LogP contribution in [-0.2, 0) is 11.3 Å². The fourth-order valence-corrected chi connectivity index (χ4v) is 4.77. The highest BCUT2D eigenvalue weighted by atomic mass is 32.2. The lowest BCUT2D eigenvalue weighted by molar-refractivity contribution is -0.120. The predicted molar refractivity (Wildman–Crippen MR) is 116 cm³/mol. The Morgan fingerprint density at radius 2 is 2.04 bits per heavy atom. The first kappa shape index (κ1) is 20.9. The zero-order valence-corrected chi connectivity index (χ0v) is 18.1. The van der Waals surface area contributed by atoms with Gasteiger partial charge in [0.25, 0.3) is 5.56 Å². The molecule has 1 aromatic carbocycles. The van der Waals surface area contributed by atoms with Gasteiger partial charge in [-0.15, -0.1) is 0 Å². The zero-order chi connectivity index (χ0) is 20.3. The molecule has 3 rings (SSSR count). The van der Waals surface area contributed by atoms with Crippen LogP contribution in [0.3, 0.4) is 0 Å². The smallest absolute Gasteiger partial charge is 0.262 e. The summed E-state index contributed by atoms with van der Waals surface area (Å²) in [5, 5.41) is 4.46. The molecule has 3 unspecified atom stereocenters. The van der Waals surface area contributed by atoms with Crippen molar-refractivity contribution in [2.24, 2.45) is 17.8 Å². The van der Waals surface area contributed by atoms with Gasteiger partial charge in [-0.3, -0.25) is 14.2 Å². The standard InChI is InChI=1S/C22H31N3O2S/c1-14(2)12-25-21(27)17-9-5-6-10-19(17)24-22(25)28-13-20(26)23-18-11-7-8-15(3)16(18)4/h5-6,9-10,14-16,18H,7-8,11-13H2,1-4H3,(H,23,26). The second kappa shape index (κ2) is 9.12. The Hall–Kier alpha value is -1.82. The quantitative estimate of drug-likeness (QED) is 0.585. The van der Waals surface area contributed by atoms with Crippen molar-refractivity contribution in [3.05, 3.63) is 34.6 Å². The number of nitrogens with zero attached hydrogens (tertiary/aromatic N) is 2. The number of hydrogen-bond acceptors (Lipinski definition) is 4. The summed E-state index contributed by atoms with van der Waals surface area (Å²) in [6.45, 7) is 9.25. The van der Waals surface area contributed by atoms with Gasteiger partial charge in [0.2, 0.25) is 5.91 Å². The Morgan fingerprint density at radius 1 is 1.29 bits per heavy atom. The second-order valence-electron chi connectivity index (χ2n) is 8.45. The van der Waals surface area contributed by atoms with Gasteiger partial charge in [-0.05, 0) is 36.3 Å². The van der Waals surface area contributed by atoms with Crippen molar-refractivity contribution in [3.8, 4) is 0 Å². The molecular weight excluding hydrogens is 370 g/mol. The van der Waals surface area contributed by atoms with Crippen LogP contribution < -0.4 is 10.9 Å². The van der Waals surface area contributed by atoms with E-state index in [0.717, 1.165) is 6.42 Å². The number of rotatable bonds is 6. The molecule has 3 atom stereocenters. The zero-order valence-electron chi connectivity index (χ0n) is 17.3. The molecule has 0 radical (unpaired) electrons. The monoisotopic (exact) mass is 401 g/mol. The van der Waals surface area contributed by atoms with Gasteiger partial charge in [0.1, 0.15) is 0 Å². The third kappa shape index (κ3) is 4.77. The Bertz CT molecular complexity index is 893. The first-order chi connectivity index (χ1) is 13.4. The highest BCUT2D eigenvalue weighted by molar-refractivity contribution is 7.99. The summed E-state index contributed by atoms with van der Waals surface area (Å²) < 4.78 is 1.72. The van der Waals surface area contributed by atoms with Crippen LogP contribution in [-0.4, -0.2) is 27.3 Å². The summed E-state index contributed by atoms with van der Waals surface area (Å²) in [5.41, 5.74) is 0.655. The van der Waals surface area contributed by atoms with E-state index in [1.807, 2.05) is 24.3 Å². The first-order valence-corrected chi connectivity index (χ1v) is 11.3. The molecule has 152 valence electrons. The molecule has 1 amide bonds. The predicted octanol–water partition coefficient (Wildman–Crippen LogP) is 4.09. The normalized spacial score (nSPS) is 22.5. The molecule has 5 nitrogen and oxygen atoms in total. The molecule has 0 bridgehead atoms. The number of carbonyl (C=O) groups excluding carboxylic acids is 1. The van der Waals surface area contributed by atoms with Crippen LogP contribution in [0.2, 0.25) is 0 Å². The maximum atomic E-state index is 12.9. The Kier molecular flexibility index (Phi) is 6.81. The molecule has 1 aliphatic carbocycles. The van der Waals surface area contributed by atoms with Gasteiger partial charge in [-0.2, -0.15) is 0 Å². The van der Waals surface area contributed by atoms with E-state index in [1.165, 1.54) is 24.6 Å². The van der Waals surface area contributed by atoms with Crippen molar-refractivity contribution >= 4 is 28.6 Å². The average Bonchev–Trinajstić information content (AvgIpc) is 2.66. The molecule has 0 spiro atoms. The Balaban J connectivity index is 1.75. The minimum absolute atomic E-state index is 0.0226. The van der Waals surface area contributed by atoms with E-state index in [0.29, 0.717) is 40.4 Å². The van der Waals surface area contributed by atoms with Gasteiger partial charge in [0, 0.05) is 12.6 Å². The van der Waals surface area contributed by atoms with Crippen molar-refractivity contribution < 1.29 is 4.79 Å². The largest absolute Gasteiger partial charge is 0.352 e. The molecule has 1 N–H and O–H groups in total. The van der Waals surface area contributed by atoms with Gasteiger partial charge < -0.3 is 5.32 Å². The first-order valence-electron chi connectivity index (χ1n) is 10.3. The third-order valence-corrected chi connectivity index (χ3v) is 6.74. The minimum Gasteiger partial charge on any atom is -0.352 e. The third-order valence-electron chi connectivity index (χ3n) is 5.76. The number of amides is 1. The van der Waals surface area contributed by atoms with Crippen molar-refractivity contribution in [2.45, 2.75) is 64.7 Å². The maximum Gasteiger partial charge on any atom is 0.262 e. The molecule has 1 heterocycles. The number of hydrogen-bond donors (Lipinski definition) is 1. The number of fused-ring (bicyclic) bond motifs is 1. The Labute approximate surface area is 171 Å². The topological polar surface area (TPSA) is 64.0 Å². The lowest BCUT2D eigenvalue weighted by atomic mass is 9.78. The van der Waals surface area contributed by atoms with Gasteiger partial charge >= 0.3 is 0 Å². The molecule has 0 saturated heterocycles. The lowest BCUT2D eigenvalue weighted by Gasteiger charge is -2.34. The van der Waals surface area contributed by atoms with E-state index >= 15 is 0 Å². The summed E-state index contributed by atoms with van der Waals surface area (Å²) in [5.74, 6) is 1.76. The van der Waals surface area contributed by atoms with Crippen LogP contribution in [0.15, 0.2) is 34.2 Å². The van der Waals surface area contributed by atoms with Gasteiger partial charge in [0.15, 0.2) is 5.16 Å². The molecular formula is C22H31N3O2S. The highest BCUT2D eigenvalue weighted by Gasteiger charge is 2.28. The molecule has 28 heavy (non-hydrogen) atoms. The van der Waals surface area contributed by atoms with Crippen molar-refractivity contribution in [1.82, 2.24) is 14.9 Å². The lowest BCUT2D eigenvalue weighted by Crippen LogP contribution is -2.44. The minimum atomic E-state index is -0.0306. The van der Waals surface area contributed by atoms with Crippen LogP contribution in [0, 0.1) is 17.8 Å². The summed E-state index contributed by atoms with van der Waals surface area (Å²) in [4.78, 5) is 30.2. The second-order valence-corrected chi connectivity index (χ2v) is 9.39. The number of thioether (sulfide) groups is 1. The number of carbonyl (C=O) groups is 1. The molecule has 1 saturated carbocycles. The van der Waals surface area contributed by atoms with E-state index in [4.69, 9.17) is 0 Å². The van der Waals surface area contributed by atoms with E-state index in [1.54, 1.807) is 4.57 Å². The van der Waals surface area contributed by atoms with Crippen LogP contribution >= 0.6 is 11.8 Å². The van der Waals surface area contributed by atoms with Crippen molar-refractivity contribution in [1.29, 1.82) is 0 Å². The van der Waals surface area contributed by atoms with Crippen LogP contribution in [0.25, 0.3) is 10.9 Å². The molecule has 0 aliphatic heterocycles. The van der Waals surface area contributed by atoms with Crippen LogP contribution in [0.4, 0.5) is 0 Å². The van der Waals surface area contributed by atoms with E-state index < -0.39 is 0 Å². The van der Waals surface area contributed by atoms with E-state index in [-0.39, 0.29) is 23.3 Å². The van der Waals surface area contributed by atoms with Crippen molar-refractivity contribution in [3.63, 3.8) is 0 Å². The number of para-hydroxylation sites is 1. The Morgan fingerprint density at radius 3 is 2.79 bits per heavy atom. The highest BCUT2D eigenvalue weighted by Crippen LogP contribution is 2.29. The summed E-state index contributed by atoms with van der Waals surface area (Å²) in [6.07, 6.45) is 3.46. The number of benzene rings is 1. The molecule has 2 aromatic rings. The summed E-state index contributed by atoms with van der Waals surface area (Å²) >= 11 is 1.36. The van der Waals surface area contributed by atoms with Gasteiger partial charge in [0.05, 0.1) is 16.7 Å². The molecule has 6 heteroatoms. The average molecular weight is 402 g/mol. The van der Waals surface area contributed by atoms with E-state index in [9.17, 15) is 9.59 Å². The van der Waals surface area contributed by atoms with E-state index in [2.05, 4.69) is 38.0 Å². The summed E-state index contributed by atoms with van der Waals surface area (Å²) in [7, 11) is 0. The molecule has 1 aliphatic rings. The number of nitrogens with one attached hydrogen (secondary N) is 1. The van der Waals surface area contributed by atoms with Crippen LogP contribution in [0.5, 0.6) is 0 Å². The fraction of sp³-hybridized carbons (Fsp3) is 0.591. The maximum absolute atomic E-state index is 12.9. The number of aromatic nitrogens is 2.